The number of carbonyl (C=O) groups is 2. The Bertz CT molecular complexity index is 1410. The van der Waals surface area contributed by atoms with E-state index < -0.39 is 29.1 Å². The average Bonchev–Trinajstić information content (AvgIpc) is 3.22. The second-order valence-corrected chi connectivity index (χ2v) is 7.80. The Morgan fingerprint density at radius 2 is 1.66 bits per heavy atom. The standard InChI is InChI=1S/C25H21F3N4O3/c1-14-7-3-6-10-19(14)31-24(34)17-11-15(12-20-22(17)32-21(30-20)13-35-2)29-23(33)16-8-4-5-9-18(16)25(26,27)28/h3-12H,13H2,1-2H3,(H,29,33)(H,30,32)(H,31,34). The van der Waals surface area contributed by atoms with E-state index in [9.17, 15) is 22.8 Å². The number of alkyl halides is 3. The Labute approximate surface area is 198 Å². The average molecular weight is 482 g/mol. The number of hydrogen-bond donors (Lipinski definition) is 3. The predicted octanol–water partition coefficient (Wildman–Crippen LogP) is 5.54. The van der Waals surface area contributed by atoms with Crippen LogP contribution in [0.5, 0.6) is 0 Å². The second-order valence-electron chi connectivity index (χ2n) is 7.80. The van der Waals surface area contributed by atoms with E-state index in [1.54, 1.807) is 12.1 Å². The molecule has 0 radical (unpaired) electrons. The van der Waals surface area contributed by atoms with Crippen LogP contribution in [-0.4, -0.2) is 28.9 Å². The van der Waals surface area contributed by atoms with Crippen LogP contribution in [0.2, 0.25) is 0 Å². The molecule has 3 N–H and O–H groups in total. The molecule has 10 heteroatoms. The van der Waals surface area contributed by atoms with Gasteiger partial charge >= 0.3 is 6.18 Å². The zero-order valence-electron chi connectivity index (χ0n) is 18.8. The van der Waals surface area contributed by atoms with Crippen LogP contribution >= 0.6 is 0 Å². The number of methoxy groups -OCH3 is 1. The first kappa shape index (κ1) is 24.0. The number of aromatic nitrogens is 2. The molecule has 0 fully saturated rings. The molecule has 0 bridgehead atoms. The van der Waals surface area contributed by atoms with E-state index in [1.807, 2.05) is 19.1 Å². The van der Waals surface area contributed by atoms with E-state index in [4.69, 9.17) is 4.74 Å². The molecule has 4 aromatic rings. The van der Waals surface area contributed by atoms with Gasteiger partial charge in [-0.3, -0.25) is 9.59 Å². The Morgan fingerprint density at radius 3 is 2.37 bits per heavy atom. The number of amides is 2. The van der Waals surface area contributed by atoms with Crippen molar-refractivity contribution in [3.8, 4) is 0 Å². The van der Waals surface area contributed by atoms with Gasteiger partial charge in [-0.15, -0.1) is 0 Å². The number of hydrogen-bond acceptors (Lipinski definition) is 4. The molecule has 180 valence electrons. The number of rotatable bonds is 6. The number of benzene rings is 3. The highest BCUT2D eigenvalue weighted by Crippen LogP contribution is 2.32. The highest BCUT2D eigenvalue weighted by molar-refractivity contribution is 6.14. The Kier molecular flexibility index (Phi) is 6.57. The summed E-state index contributed by atoms with van der Waals surface area (Å²) in [7, 11) is 1.49. The first-order chi connectivity index (χ1) is 16.7. The highest BCUT2D eigenvalue weighted by atomic mass is 19.4. The lowest BCUT2D eigenvalue weighted by atomic mass is 10.1. The van der Waals surface area contributed by atoms with Crippen molar-refractivity contribution in [1.82, 2.24) is 9.97 Å². The number of halogens is 3. The third kappa shape index (κ3) is 5.17. The van der Waals surface area contributed by atoms with Crippen molar-refractivity contribution < 1.29 is 27.5 Å². The molecule has 0 atom stereocenters. The van der Waals surface area contributed by atoms with Gasteiger partial charge in [0.1, 0.15) is 17.9 Å². The summed E-state index contributed by atoms with van der Waals surface area (Å²) in [4.78, 5) is 33.4. The fourth-order valence-corrected chi connectivity index (χ4v) is 3.65. The lowest BCUT2D eigenvalue weighted by Gasteiger charge is -2.14. The number of imidazole rings is 1. The predicted molar refractivity (Wildman–Crippen MR) is 125 cm³/mol. The molecule has 0 unspecified atom stereocenters. The molecule has 0 aliphatic carbocycles. The summed E-state index contributed by atoms with van der Waals surface area (Å²) in [5.41, 5.74) is 0.839. The van der Waals surface area contributed by atoms with E-state index in [2.05, 4.69) is 20.6 Å². The van der Waals surface area contributed by atoms with Crippen LogP contribution in [0, 0.1) is 6.92 Å². The van der Waals surface area contributed by atoms with Crippen molar-refractivity contribution in [2.75, 3.05) is 17.7 Å². The lowest BCUT2D eigenvalue weighted by molar-refractivity contribution is -0.137. The fraction of sp³-hybridized carbons (Fsp3) is 0.160. The molecule has 4 rings (SSSR count). The van der Waals surface area contributed by atoms with Crippen LogP contribution in [0.15, 0.2) is 60.7 Å². The molecule has 0 aliphatic rings. The van der Waals surface area contributed by atoms with E-state index in [0.717, 1.165) is 17.7 Å². The molecule has 0 aliphatic heterocycles. The zero-order chi connectivity index (χ0) is 25.2. The van der Waals surface area contributed by atoms with E-state index in [0.29, 0.717) is 22.5 Å². The molecule has 3 aromatic carbocycles. The summed E-state index contributed by atoms with van der Waals surface area (Å²) >= 11 is 0. The molecule has 0 saturated carbocycles. The Hall–Kier alpha value is -4.18. The summed E-state index contributed by atoms with van der Waals surface area (Å²) in [6.45, 7) is 1.99. The van der Waals surface area contributed by atoms with Gasteiger partial charge in [0.25, 0.3) is 11.8 Å². The monoisotopic (exact) mass is 482 g/mol. The van der Waals surface area contributed by atoms with Gasteiger partial charge in [0.05, 0.1) is 22.2 Å². The number of anilines is 2. The SMILES string of the molecule is COCc1nc2c(C(=O)Nc3ccccc3C)cc(NC(=O)c3ccccc3C(F)(F)F)cc2[nH]1. The molecule has 7 nitrogen and oxygen atoms in total. The Morgan fingerprint density at radius 1 is 0.971 bits per heavy atom. The second kappa shape index (κ2) is 9.59. The number of fused-ring (bicyclic) bond motifs is 1. The summed E-state index contributed by atoms with van der Waals surface area (Å²) in [6, 6.07) is 14.6. The minimum atomic E-state index is -4.70. The number of carbonyl (C=O) groups excluding carboxylic acids is 2. The summed E-state index contributed by atoms with van der Waals surface area (Å²) in [5, 5.41) is 5.29. The molecular formula is C25H21F3N4O3. The number of aryl methyl sites for hydroxylation is 1. The van der Waals surface area contributed by atoms with Gasteiger partial charge in [-0.2, -0.15) is 13.2 Å². The third-order valence-electron chi connectivity index (χ3n) is 5.29. The van der Waals surface area contributed by atoms with Crippen molar-refractivity contribution in [2.45, 2.75) is 19.7 Å². The van der Waals surface area contributed by atoms with Gasteiger partial charge in [0, 0.05) is 18.5 Å². The summed E-state index contributed by atoms with van der Waals surface area (Å²) in [5.74, 6) is -1.01. The molecule has 1 heterocycles. The first-order valence-electron chi connectivity index (χ1n) is 10.5. The fourth-order valence-electron chi connectivity index (χ4n) is 3.65. The van der Waals surface area contributed by atoms with Gasteiger partial charge in [0.2, 0.25) is 0 Å². The Balaban J connectivity index is 1.73. The van der Waals surface area contributed by atoms with Gasteiger partial charge in [-0.25, -0.2) is 4.98 Å². The summed E-state index contributed by atoms with van der Waals surface area (Å²) in [6.07, 6.45) is -4.70. The van der Waals surface area contributed by atoms with Crippen LogP contribution in [0.25, 0.3) is 11.0 Å². The number of H-pyrrole nitrogens is 1. The van der Waals surface area contributed by atoms with E-state index in [1.165, 1.54) is 31.4 Å². The van der Waals surface area contributed by atoms with Crippen molar-refractivity contribution in [2.24, 2.45) is 0 Å². The number of aromatic amines is 1. The van der Waals surface area contributed by atoms with Crippen LogP contribution in [0.4, 0.5) is 24.5 Å². The highest BCUT2D eigenvalue weighted by Gasteiger charge is 2.35. The maximum Gasteiger partial charge on any atom is 0.417 e. The third-order valence-corrected chi connectivity index (χ3v) is 5.29. The van der Waals surface area contributed by atoms with Gasteiger partial charge < -0.3 is 20.4 Å². The van der Waals surface area contributed by atoms with E-state index >= 15 is 0 Å². The van der Waals surface area contributed by atoms with Crippen LogP contribution in [0.3, 0.4) is 0 Å². The smallest absolute Gasteiger partial charge is 0.377 e. The molecule has 35 heavy (non-hydrogen) atoms. The maximum absolute atomic E-state index is 13.4. The first-order valence-corrected chi connectivity index (χ1v) is 10.5. The molecule has 0 saturated heterocycles. The van der Waals surface area contributed by atoms with Crippen molar-refractivity contribution in [3.63, 3.8) is 0 Å². The number of nitrogens with one attached hydrogen (secondary N) is 3. The van der Waals surface area contributed by atoms with Crippen molar-refractivity contribution in [3.05, 3.63) is 88.7 Å². The summed E-state index contributed by atoms with van der Waals surface area (Å²) < 4.78 is 45.2. The minimum Gasteiger partial charge on any atom is -0.377 e. The van der Waals surface area contributed by atoms with Crippen molar-refractivity contribution >= 4 is 34.2 Å². The molecular weight excluding hydrogens is 461 g/mol. The topological polar surface area (TPSA) is 96.1 Å². The minimum absolute atomic E-state index is 0.127. The largest absolute Gasteiger partial charge is 0.417 e. The molecule has 1 aromatic heterocycles. The zero-order valence-corrected chi connectivity index (χ0v) is 18.8. The van der Waals surface area contributed by atoms with Crippen LogP contribution < -0.4 is 10.6 Å². The van der Waals surface area contributed by atoms with Gasteiger partial charge in [-0.1, -0.05) is 30.3 Å². The maximum atomic E-state index is 13.4. The number of ether oxygens (including phenoxy) is 1. The normalized spacial score (nSPS) is 11.5. The van der Waals surface area contributed by atoms with Crippen LogP contribution in [0.1, 0.15) is 37.7 Å². The van der Waals surface area contributed by atoms with Crippen molar-refractivity contribution in [1.29, 1.82) is 0 Å². The number of nitrogens with zero attached hydrogens (tertiary/aromatic N) is 1. The number of para-hydroxylation sites is 1. The van der Waals surface area contributed by atoms with E-state index in [-0.39, 0.29) is 17.9 Å². The van der Waals surface area contributed by atoms with Gasteiger partial charge in [-0.05, 0) is 42.8 Å². The lowest BCUT2D eigenvalue weighted by Crippen LogP contribution is -2.19. The van der Waals surface area contributed by atoms with Crippen LogP contribution in [-0.2, 0) is 17.5 Å². The molecule has 0 spiro atoms. The van der Waals surface area contributed by atoms with Gasteiger partial charge in [0.15, 0.2) is 0 Å². The molecule has 2 amide bonds. The quantitative estimate of drug-likeness (QED) is 0.336.